The van der Waals surface area contributed by atoms with Crippen LogP contribution < -0.4 is 9.64 Å². The van der Waals surface area contributed by atoms with Crippen LogP contribution in [-0.2, 0) is 19.7 Å². The van der Waals surface area contributed by atoms with E-state index < -0.39 is 19.7 Å². The van der Waals surface area contributed by atoms with Crippen molar-refractivity contribution in [1.29, 1.82) is 0 Å². The van der Waals surface area contributed by atoms with Gasteiger partial charge >= 0.3 is 0 Å². The van der Waals surface area contributed by atoms with Crippen LogP contribution in [0.15, 0.2) is 33.5 Å². The molecule has 2 heterocycles. The van der Waals surface area contributed by atoms with E-state index in [4.69, 9.17) is 4.74 Å². The molecule has 31 heavy (non-hydrogen) atoms. The van der Waals surface area contributed by atoms with Crippen LogP contribution in [0.25, 0.3) is 0 Å². The standard InChI is InChI=1S/C19H25N3O6S3/c1-13(2)28-16-6-5-14(30(3,24)25)11-15(16)18(23)21-7-9-22(10-8-21)19-20-12-17(29-19)31(4,26)27/h5-6,11-13H,7-10H2,1-4H3. The molecule has 1 aromatic heterocycles. The Morgan fingerprint density at radius 2 is 1.71 bits per heavy atom. The summed E-state index contributed by atoms with van der Waals surface area (Å²) in [5.74, 6) is 0.0318. The molecule has 0 radical (unpaired) electrons. The minimum Gasteiger partial charge on any atom is -0.490 e. The largest absolute Gasteiger partial charge is 0.490 e. The number of carbonyl (C=O) groups is 1. The van der Waals surface area contributed by atoms with Crippen LogP contribution in [0.3, 0.4) is 0 Å². The number of hydrogen-bond acceptors (Lipinski definition) is 9. The zero-order valence-electron chi connectivity index (χ0n) is 17.7. The fourth-order valence-corrected chi connectivity index (χ4v) is 5.53. The Balaban J connectivity index is 1.79. The monoisotopic (exact) mass is 487 g/mol. The molecule has 3 rings (SSSR count). The molecule has 2 aromatic rings. The summed E-state index contributed by atoms with van der Waals surface area (Å²) in [5.41, 5.74) is 0.207. The van der Waals surface area contributed by atoms with Gasteiger partial charge in [0.15, 0.2) is 24.8 Å². The zero-order chi connectivity index (χ0) is 23.0. The Kier molecular flexibility index (Phi) is 6.63. The molecule has 12 heteroatoms. The average Bonchev–Trinajstić information content (AvgIpc) is 3.17. The molecule has 1 saturated heterocycles. The number of amides is 1. The lowest BCUT2D eigenvalue weighted by Gasteiger charge is -2.35. The fourth-order valence-electron chi connectivity index (χ4n) is 3.10. The fraction of sp³-hybridized carbons (Fsp3) is 0.474. The Bertz CT molecular complexity index is 1180. The lowest BCUT2D eigenvalue weighted by atomic mass is 10.1. The summed E-state index contributed by atoms with van der Waals surface area (Å²) < 4.78 is 53.2. The van der Waals surface area contributed by atoms with Crippen molar-refractivity contribution in [1.82, 2.24) is 9.88 Å². The van der Waals surface area contributed by atoms with Crippen molar-refractivity contribution in [3.8, 4) is 5.75 Å². The molecule has 170 valence electrons. The molecule has 1 aliphatic rings. The smallest absolute Gasteiger partial charge is 0.257 e. The number of rotatable bonds is 6. The molecule has 0 saturated carbocycles. The lowest BCUT2D eigenvalue weighted by Crippen LogP contribution is -2.48. The summed E-state index contributed by atoms with van der Waals surface area (Å²) in [6.45, 7) is 5.39. The average molecular weight is 488 g/mol. The minimum absolute atomic E-state index is 0.0571. The predicted octanol–water partition coefficient (Wildman–Crippen LogP) is 1.70. The third-order valence-electron chi connectivity index (χ3n) is 4.65. The second-order valence-corrected chi connectivity index (χ2v) is 12.9. The minimum atomic E-state index is -3.48. The Labute approximate surface area is 186 Å². The third-order valence-corrected chi connectivity index (χ3v) is 8.60. The molecule has 1 fully saturated rings. The molecule has 0 atom stereocenters. The van der Waals surface area contributed by atoms with Crippen LogP contribution in [0.5, 0.6) is 5.75 Å². The van der Waals surface area contributed by atoms with E-state index in [9.17, 15) is 21.6 Å². The van der Waals surface area contributed by atoms with E-state index in [1.807, 2.05) is 18.7 Å². The first-order valence-electron chi connectivity index (χ1n) is 9.57. The van der Waals surface area contributed by atoms with Crippen LogP contribution in [0.4, 0.5) is 5.13 Å². The number of aromatic nitrogens is 1. The van der Waals surface area contributed by atoms with Crippen LogP contribution in [-0.4, -0.2) is 77.4 Å². The van der Waals surface area contributed by atoms with E-state index in [1.165, 1.54) is 24.4 Å². The van der Waals surface area contributed by atoms with Gasteiger partial charge in [0, 0.05) is 38.7 Å². The Hall–Kier alpha value is -2.18. The van der Waals surface area contributed by atoms with Gasteiger partial charge in [0.25, 0.3) is 5.91 Å². The Morgan fingerprint density at radius 3 is 2.23 bits per heavy atom. The van der Waals surface area contributed by atoms with Gasteiger partial charge in [-0.25, -0.2) is 21.8 Å². The highest BCUT2D eigenvalue weighted by Gasteiger charge is 2.27. The Morgan fingerprint density at radius 1 is 1.06 bits per heavy atom. The van der Waals surface area contributed by atoms with E-state index in [0.717, 1.165) is 23.8 Å². The van der Waals surface area contributed by atoms with Crippen LogP contribution in [0.2, 0.25) is 0 Å². The van der Waals surface area contributed by atoms with Crippen LogP contribution in [0.1, 0.15) is 24.2 Å². The van der Waals surface area contributed by atoms with Crippen molar-refractivity contribution in [2.45, 2.75) is 29.1 Å². The topological polar surface area (TPSA) is 114 Å². The molecule has 0 spiro atoms. The number of sulfone groups is 2. The summed E-state index contributed by atoms with van der Waals surface area (Å²) in [6.07, 6.45) is 3.40. The van der Waals surface area contributed by atoms with Gasteiger partial charge in [0.1, 0.15) is 9.96 Å². The van der Waals surface area contributed by atoms with Gasteiger partial charge in [-0.3, -0.25) is 4.79 Å². The van der Waals surface area contributed by atoms with Crippen molar-refractivity contribution in [3.63, 3.8) is 0 Å². The quantitative estimate of drug-likeness (QED) is 0.605. The molecule has 0 N–H and O–H groups in total. The highest BCUT2D eigenvalue weighted by atomic mass is 32.2. The first-order valence-corrected chi connectivity index (χ1v) is 14.2. The molecule has 1 aromatic carbocycles. The first kappa shape index (κ1) is 23.5. The SMILES string of the molecule is CC(C)Oc1ccc(S(C)(=O)=O)cc1C(=O)N1CCN(c2ncc(S(C)(=O)=O)s2)CC1. The second-order valence-electron chi connectivity index (χ2n) is 7.61. The van der Waals surface area contributed by atoms with Crippen LogP contribution >= 0.6 is 11.3 Å². The van der Waals surface area contributed by atoms with Gasteiger partial charge in [0.2, 0.25) is 0 Å². The highest BCUT2D eigenvalue weighted by Crippen LogP contribution is 2.29. The maximum Gasteiger partial charge on any atom is 0.257 e. The number of anilines is 1. The van der Waals surface area contributed by atoms with E-state index in [-0.39, 0.29) is 26.7 Å². The normalized spacial score (nSPS) is 15.4. The first-order chi connectivity index (χ1) is 14.4. The van der Waals surface area contributed by atoms with Gasteiger partial charge < -0.3 is 14.5 Å². The third kappa shape index (κ3) is 5.55. The summed E-state index contributed by atoms with van der Waals surface area (Å²) in [7, 11) is -6.79. The molecular formula is C19H25N3O6S3. The van der Waals surface area contributed by atoms with Crippen molar-refractivity contribution in [2.75, 3.05) is 43.6 Å². The maximum atomic E-state index is 13.2. The summed E-state index contributed by atoms with van der Waals surface area (Å²) >= 11 is 1.10. The molecule has 1 aliphatic heterocycles. The number of piperazine rings is 1. The molecule has 0 bridgehead atoms. The molecule has 1 amide bonds. The van der Waals surface area contributed by atoms with Crippen molar-refractivity contribution < 1.29 is 26.4 Å². The number of hydrogen-bond donors (Lipinski definition) is 0. The summed E-state index contributed by atoms with van der Waals surface area (Å²) in [4.78, 5) is 21.0. The number of benzene rings is 1. The van der Waals surface area contributed by atoms with Gasteiger partial charge in [-0.1, -0.05) is 11.3 Å². The molecule has 9 nitrogen and oxygen atoms in total. The second kappa shape index (κ2) is 8.75. The van der Waals surface area contributed by atoms with Crippen molar-refractivity contribution in [2.24, 2.45) is 0 Å². The van der Waals surface area contributed by atoms with E-state index >= 15 is 0 Å². The van der Waals surface area contributed by atoms with Crippen molar-refractivity contribution in [3.05, 3.63) is 30.0 Å². The van der Waals surface area contributed by atoms with Gasteiger partial charge in [-0.15, -0.1) is 0 Å². The van der Waals surface area contributed by atoms with E-state index in [2.05, 4.69) is 4.98 Å². The van der Waals surface area contributed by atoms with Gasteiger partial charge in [-0.05, 0) is 32.0 Å². The summed E-state index contributed by atoms with van der Waals surface area (Å²) in [5, 5.41) is 0.593. The lowest BCUT2D eigenvalue weighted by molar-refractivity contribution is 0.0740. The number of nitrogens with zero attached hydrogens (tertiary/aromatic N) is 3. The number of carbonyl (C=O) groups excluding carboxylic acids is 1. The summed E-state index contributed by atoms with van der Waals surface area (Å²) in [6, 6.07) is 4.31. The van der Waals surface area contributed by atoms with E-state index in [1.54, 1.807) is 4.90 Å². The van der Waals surface area contributed by atoms with Crippen LogP contribution in [0, 0.1) is 0 Å². The van der Waals surface area contributed by atoms with Gasteiger partial charge in [0.05, 0.1) is 22.8 Å². The zero-order valence-corrected chi connectivity index (χ0v) is 20.2. The van der Waals surface area contributed by atoms with E-state index in [0.29, 0.717) is 37.1 Å². The highest BCUT2D eigenvalue weighted by molar-refractivity contribution is 7.92. The van der Waals surface area contributed by atoms with Crippen molar-refractivity contribution >= 4 is 42.1 Å². The van der Waals surface area contributed by atoms with Gasteiger partial charge in [-0.2, -0.15) is 0 Å². The number of ether oxygens (including phenoxy) is 1. The number of thiazole rings is 1. The molecular weight excluding hydrogens is 462 g/mol. The maximum absolute atomic E-state index is 13.2. The molecule has 0 unspecified atom stereocenters. The molecule has 0 aliphatic carbocycles. The predicted molar refractivity (Wildman–Crippen MR) is 119 cm³/mol.